The highest BCUT2D eigenvalue weighted by atomic mass is 32.2. The molecule has 1 N–H and O–H groups in total. The third-order valence-corrected chi connectivity index (χ3v) is 6.92. The number of ether oxygens (including phenoxy) is 1. The van der Waals surface area contributed by atoms with Crippen molar-refractivity contribution in [3.63, 3.8) is 0 Å². The van der Waals surface area contributed by atoms with Crippen LogP contribution in [0.3, 0.4) is 0 Å². The lowest BCUT2D eigenvalue weighted by molar-refractivity contribution is -0.126. The van der Waals surface area contributed by atoms with Crippen LogP contribution in [0.1, 0.15) is 23.1 Å². The molecule has 182 valence electrons. The van der Waals surface area contributed by atoms with Gasteiger partial charge in [0.2, 0.25) is 5.91 Å². The minimum atomic E-state index is -0.803. The molecule has 1 unspecified atom stereocenters. The van der Waals surface area contributed by atoms with Gasteiger partial charge in [-0.05, 0) is 47.5 Å². The van der Waals surface area contributed by atoms with Gasteiger partial charge in [-0.15, -0.1) is 0 Å². The second-order valence-corrected chi connectivity index (χ2v) is 9.26. The Kier molecular flexibility index (Phi) is 6.81. The van der Waals surface area contributed by atoms with Gasteiger partial charge in [-0.2, -0.15) is 4.99 Å². The Bertz CT molecular complexity index is 1370. The van der Waals surface area contributed by atoms with Crippen molar-refractivity contribution in [1.82, 2.24) is 10.2 Å². The SMILES string of the molecule is COc1ccc(CNC(=O)CC2C(=O)N=C3c4ccccc4N=C(SCc4cccc(F)c4)N32)cc1. The molecule has 0 bridgehead atoms. The predicted octanol–water partition coefficient (Wildman–Crippen LogP) is 4.43. The van der Waals surface area contributed by atoms with Gasteiger partial charge in [-0.1, -0.05) is 48.2 Å². The fourth-order valence-electron chi connectivity index (χ4n) is 4.07. The highest BCUT2D eigenvalue weighted by molar-refractivity contribution is 8.13. The molecule has 1 atom stereocenters. The van der Waals surface area contributed by atoms with Crippen LogP contribution < -0.4 is 10.1 Å². The smallest absolute Gasteiger partial charge is 0.271 e. The van der Waals surface area contributed by atoms with Gasteiger partial charge in [0.25, 0.3) is 5.91 Å². The molecule has 9 heteroatoms. The van der Waals surface area contributed by atoms with Crippen molar-refractivity contribution in [1.29, 1.82) is 0 Å². The number of carbonyl (C=O) groups is 2. The Morgan fingerprint density at radius 1 is 1.06 bits per heavy atom. The van der Waals surface area contributed by atoms with Gasteiger partial charge in [-0.3, -0.25) is 14.5 Å². The summed E-state index contributed by atoms with van der Waals surface area (Å²) in [5.41, 5.74) is 3.15. The summed E-state index contributed by atoms with van der Waals surface area (Å²) in [5, 5.41) is 3.43. The number of nitrogens with one attached hydrogen (secondary N) is 1. The van der Waals surface area contributed by atoms with E-state index in [9.17, 15) is 14.0 Å². The summed E-state index contributed by atoms with van der Waals surface area (Å²) in [4.78, 5) is 36.6. The number of halogens is 1. The number of amides is 2. The van der Waals surface area contributed by atoms with Gasteiger partial charge in [0, 0.05) is 17.9 Å². The average molecular weight is 503 g/mol. The number of aliphatic imine (C=N–C) groups is 2. The monoisotopic (exact) mass is 502 g/mol. The molecule has 0 saturated carbocycles. The molecule has 2 heterocycles. The summed E-state index contributed by atoms with van der Waals surface area (Å²) >= 11 is 1.38. The van der Waals surface area contributed by atoms with Gasteiger partial charge in [-0.25, -0.2) is 9.38 Å². The van der Waals surface area contributed by atoms with E-state index in [1.54, 1.807) is 18.1 Å². The van der Waals surface area contributed by atoms with Crippen molar-refractivity contribution in [3.8, 4) is 5.75 Å². The largest absolute Gasteiger partial charge is 0.497 e. The van der Waals surface area contributed by atoms with Gasteiger partial charge in [0.05, 0.1) is 19.2 Å². The third kappa shape index (κ3) is 5.01. The number of thioether (sulfide) groups is 1. The Hall–Kier alpha value is -3.98. The van der Waals surface area contributed by atoms with Crippen LogP contribution in [0.2, 0.25) is 0 Å². The average Bonchev–Trinajstić information content (AvgIpc) is 3.22. The quantitative estimate of drug-likeness (QED) is 0.517. The fourth-order valence-corrected chi connectivity index (χ4v) is 5.06. The third-order valence-electron chi connectivity index (χ3n) is 5.89. The van der Waals surface area contributed by atoms with Gasteiger partial charge < -0.3 is 10.1 Å². The van der Waals surface area contributed by atoms with E-state index in [1.807, 2.05) is 54.6 Å². The van der Waals surface area contributed by atoms with Crippen LogP contribution in [0.15, 0.2) is 82.8 Å². The zero-order chi connectivity index (χ0) is 25.1. The van der Waals surface area contributed by atoms with E-state index in [4.69, 9.17) is 9.73 Å². The van der Waals surface area contributed by atoms with Crippen molar-refractivity contribution in [2.75, 3.05) is 7.11 Å². The van der Waals surface area contributed by atoms with Crippen molar-refractivity contribution in [3.05, 3.63) is 95.3 Å². The molecule has 0 fully saturated rings. The van der Waals surface area contributed by atoms with Crippen molar-refractivity contribution in [2.45, 2.75) is 24.8 Å². The topological polar surface area (TPSA) is 83.4 Å². The molecular weight excluding hydrogens is 479 g/mol. The van der Waals surface area contributed by atoms with Crippen LogP contribution in [0.5, 0.6) is 5.75 Å². The highest BCUT2D eigenvalue weighted by Gasteiger charge is 2.42. The van der Waals surface area contributed by atoms with Crippen LogP contribution in [-0.4, -0.2) is 40.9 Å². The number of methoxy groups -OCH3 is 1. The predicted molar refractivity (Wildman–Crippen MR) is 138 cm³/mol. The Balaban J connectivity index is 1.33. The van der Waals surface area contributed by atoms with Crippen LogP contribution in [-0.2, 0) is 21.9 Å². The number of para-hydroxylation sites is 1. The lowest BCUT2D eigenvalue weighted by atomic mass is 10.1. The summed E-state index contributed by atoms with van der Waals surface area (Å²) in [6, 6.07) is 20.4. The summed E-state index contributed by atoms with van der Waals surface area (Å²) in [7, 11) is 1.60. The van der Waals surface area contributed by atoms with E-state index in [0.29, 0.717) is 29.0 Å². The van der Waals surface area contributed by atoms with Crippen LogP contribution in [0.25, 0.3) is 0 Å². The molecule has 3 aromatic rings. The van der Waals surface area contributed by atoms with Gasteiger partial charge in [0.15, 0.2) is 5.17 Å². The molecule has 5 rings (SSSR count). The first-order valence-electron chi connectivity index (χ1n) is 11.4. The number of hydrogen-bond acceptors (Lipinski definition) is 6. The van der Waals surface area contributed by atoms with Crippen LogP contribution >= 0.6 is 11.8 Å². The molecule has 3 aromatic carbocycles. The number of fused-ring (bicyclic) bond motifs is 3. The number of amidine groups is 2. The van der Waals surface area contributed by atoms with Crippen molar-refractivity contribution < 1.29 is 18.7 Å². The maximum absolute atomic E-state index is 13.7. The summed E-state index contributed by atoms with van der Waals surface area (Å²) in [6.07, 6.45) is -0.0658. The molecular formula is C27H23FN4O3S. The van der Waals surface area contributed by atoms with E-state index < -0.39 is 6.04 Å². The zero-order valence-corrected chi connectivity index (χ0v) is 20.3. The molecule has 2 aliphatic heterocycles. The van der Waals surface area contributed by atoms with E-state index in [-0.39, 0.29) is 24.1 Å². The van der Waals surface area contributed by atoms with E-state index in [2.05, 4.69) is 10.3 Å². The zero-order valence-electron chi connectivity index (χ0n) is 19.5. The van der Waals surface area contributed by atoms with Gasteiger partial charge in [0.1, 0.15) is 23.4 Å². The molecule has 2 aliphatic rings. The number of rotatable bonds is 7. The van der Waals surface area contributed by atoms with Crippen molar-refractivity contribution in [2.24, 2.45) is 9.98 Å². The minimum absolute atomic E-state index is 0.0658. The molecule has 0 aromatic heterocycles. The first-order valence-corrected chi connectivity index (χ1v) is 12.4. The Morgan fingerprint density at radius 3 is 2.64 bits per heavy atom. The van der Waals surface area contributed by atoms with E-state index in [1.165, 1.54) is 23.9 Å². The van der Waals surface area contributed by atoms with E-state index in [0.717, 1.165) is 22.4 Å². The molecule has 0 spiro atoms. The lowest BCUT2D eigenvalue weighted by Gasteiger charge is -2.30. The lowest BCUT2D eigenvalue weighted by Crippen LogP contribution is -2.45. The molecule has 0 aliphatic carbocycles. The maximum Gasteiger partial charge on any atom is 0.271 e. The highest BCUT2D eigenvalue weighted by Crippen LogP contribution is 2.35. The minimum Gasteiger partial charge on any atom is -0.497 e. The standard InChI is InChI=1S/C27H23FN4O3S/c1-35-20-11-9-17(10-12-20)15-29-24(33)14-23-26(34)31-25-21-7-2-3-8-22(21)30-27(32(23)25)36-16-18-5-4-6-19(28)13-18/h2-13,23H,14-16H2,1H3,(H,29,33). The number of nitrogens with zero attached hydrogens (tertiary/aromatic N) is 3. The van der Waals surface area contributed by atoms with Crippen LogP contribution in [0, 0.1) is 5.82 Å². The fraction of sp³-hybridized carbons (Fsp3) is 0.185. The van der Waals surface area contributed by atoms with Crippen molar-refractivity contribution >= 4 is 40.3 Å². The summed E-state index contributed by atoms with van der Waals surface area (Å²) < 4.78 is 18.8. The molecule has 7 nitrogen and oxygen atoms in total. The summed E-state index contributed by atoms with van der Waals surface area (Å²) in [6.45, 7) is 0.329. The van der Waals surface area contributed by atoms with Gasteiger partial charge >= 0.3 is 0 Å². The Morgan fingerprint density at radius 2 is 1.86 bits per heavy atom. The number of carbonyl (C=O) groups excluding carboxylic acids is 2. The normalized spacial score (nSPS) is 16.1. The Labute approximate surface area is 212 Å². The molecule has 36 heavy (non-hydrogen) atoms. The summed E-state index contributed by atoms with van der Waals surface area (Å²) in [5.74, 6) is 0.704. The first-order chi connectivity index (χ1) is 17.5. The molecule has 0 saturated heterocycles. The number of benzene rings is 3. The van der Waals surface area contributed by atoms with Crippen LogP contribution in [0.4, 0.5) is 10.1 Å². The first kappa shape index (κ1) is 23.7. The second kappa shape index (κ2) is 10.3. The molecule has 0 radical (unpaired) electrons. The second-order valence-electron chi connectivity index (χ2n) is 8.32. The maximum atomic E-state index is 13.7. The molecule has 2 amide bonds. The van der Waals surface area contributed by atoms with E-state index >= 15 is 0 Å². The number of hydrogen-bond donors (Lipinski definition) is 1.